The molecule has 8 heteroatoms. The van der Waals surface area contributed by atoms with Crippen molar-refractivity contribution < 1.29 is 13.2 Å². The number of benzene rings is 2. The molecule has 3 rings (SSSR count). The van der Waals surface area contributed by atoms with E-state index >= 15 is 0 Å². The van der Waals surface area contributed by atoms with Crippen LogP contribution >= 0.6 is 11.6 Å². The van der Waals surface area contributed by atoms with E-state index in [1.54, 1.807) is 43.3 Å². The summed E-state index contributed by atoms with van der Waals surface area (Å²) in [6, 6.07) is 9.65. The Hall–Kier alpha value is -2.54. The highest BCUT2D eigenvalue weighted by molar-refractivity contribution is 6.32. The molecule has 0 fully saturated rings. The van der Waals surface area contributed by atoms with Crippen molar-refractivity contribution in [3.05, 3.63) is 63.5 Å². The molecule has 0 spiro atoms. The number of aromatic nitrogens is 2. The van der Waals surface area contributed by atoms with E-state index in [1.165, 1.54) is 6.07 Å². The summed E-state index contributed by atoms with van der Waals surface area (Å²) in [5, 5.41) is 0.653. The zero-order valence-electron chi connectivity index (χ0n) is 13.3. The maximum absolute atomic E-state index is 13.1. The minimum Gasteiger partial charge on any atom is -0.362 e. The normalized spacial score (nSPS) is 11.8. The van der Waals surface area contributed by atoms with Crippen LogP contribution in [0.1, 0.15) is 5.56 Å². The molecular weight excluding hydrogens is 355 g/mol. The van der Waals surface area contributed by atoms with Gasteiger partial charge in [-0.05, 0) is 30.3 Å². The Kier molecular flexibility index (Phi) is 4.20. The van der Waals surface area contributed by atoms with Gasteiger partial charge in [0.25, 0.3) is 0 Å². The summed E-state index contributed by atoms with van der Waals surface area (Å²) in [6.07, 6.45) is -4.53. The summed E-state index contributed by atoms with van der Waals surface area (Å²) in [5.74, 6) is 0.289. The second kappa shape index (κ2) is 6.07. The predicted octanol–water partition coefficient (Wildman–Crippen LogP) is 4.12. The SMILES string of the molecule is CN(C)c1nc(=O)n(-c2ccccc2Cl)c2cc(C(F)(F)F)ccc12. The lowest BCUT2D eigenvalue weighted by Gasteiger charge is -2.19. The number of alkyl halides is 3. The van der Waals surface area contributed by atoms with Crippen LogP contribution in [0.25, 0.3) is 16.6 Å². The summed E-state index contributed by atoms with van der Waals surface area (Å²) in [6.45, 7) is 0. The summed E-state index contributed by atoms with van der Waals surface area (Å²) >= 11 is 6.14. The molecule has 0 atom stereocenters. The first kappa shape index (κ1) is 17.3. The first-order chi connectivity index (χ1) is 11.7. The monoisotopic (exact) mass is 367 g/mol. The van der Waals surface area contributed by atoms with E-state index in [9.17, 15) is 18.0 Å². The van der Waals surface area contributed by atoms with Crippen molar-refractivity contribution >= 4 is 28.3 Å². The molecule has 25 heavy (non-hydrogen) atoms. The van der Waals surface area contributed by atoms with E-state index in [1.807, 2.05) is 0 Å². The van der Waals surface area contributed by atoms with Gasteiger partial charge in [-0.2, -0.15) is 18.2 Å². The first-order valence-electron chi connectivity index (χ1n) is 7.26. The van der Waals surface area contributed by atoms with Crippen LogP contribution in [0.4, 0.5) is 19.0 Å². The molecule has 0 amide bonds. The second-order valence-corrected chi connectivity index (χ2v) is 6.04. The molecule has 3 aromatic rings. The topological polar surface area (TPSA) is 38.1 Å². The van der Waals surface area contributed by atoms with Gasteiger partial charge in [0, 0.05) is 19.5 Å². The highest BCUT2D eigenvalue weighted by atomic mass is 35.5. The predicted molar refractivity (Wildman–Crippen MR) is 91.7 cm³/mol. The minimum absolute atomic E-state index is 0.0895. The minimum atomic E-state index is -4.53. The molecule has 0 radical (unpaired) electrons. The third-order valence-corrected chi connectivity index (χ3v) is 4.04. The summed E-state index contributed by atoms with van der Waals surface area (Å²) in [5.41, 5.74) is -1.19. The van der Waals surface area contributed by atoms with Gasteiger partial charge in [0.1, 0.15) is 5.82 Å². The molecule has 4 nitrogen and oxygen atoms in total. The summed E-state index contributed by atoms with van der Waals surface area (Å²) in [4.78, 5) is 18.1. The van der Waals surface area contributed by atoms with E-state index in [4.69, 9.17) is 11.6 Å². The smallest absolute Gasteiger partial charge is 0.362 e. The van der Waals surface area contributed by atoms with Crippen LogP contribution in [0.15, 0.2) is 47.3 Å². The molecule has 0 aliphatic heterocycles. The maximum atomic E-state index is 13.1. The zero-order valence-corrected chi connectivity index (χ0v) is 14.1. The quantitative estimate of drug-likeness (QED) is 0.683. The largest absolute Gasteiger partial charge is 0.416 e. The van der Waals surface area contributed by atoms with Gasteiger partial charge in [0.2, 0.25) is 0 Å². The van der Waals surface area contributed by atoms with Crippen molar-refractivity contribution in [2.24, 2.45) is 0 Å². The Morgan fingerprint density at radius 1 is 1.12 bits per heavy atom. The fourth-order valence-electron chi connectivity index (χ4n) is 2.59. The molecule has 0 N–H and O–H groups in total. The molecule has 1 aromatic heterocycles. The number of hydrogen-bond donors (Lipinski definition) is 0. The van der Waals surface area contributed by atoms with Crippen LogP contribution in [-0.4, -0.2) is 23.6 Å². The van der Waals surface area contributed by atoms with Gasteiger partial charge in [-0.3, -0.25) is 4.57 Å². The lowest BCUT2D eigenvalue weighted by Crippen LogP contribution is -2.26. The molecule has 2 aromatic carbocycles. The van der Waals surface area contributed by atoms with E-state index in [0.717, 1.165) is 16.7 Å². The van der Waals surface area contributed by atoms with Gasteiger partial charge in [0.05, 0.1) is 21.8 Å². The summed E-state index contributed by atoms with van der Waals surface area (Å²) < 4.78 is 40.5. The Morgan fingerprint density at radius 2 is 1.80 bits per heavy atom. The van der Waals surface area contributed by atoms with Gasteiger partial charge in [-0.25, -0.2) is 4.79 Å². The molecule has 130 valence electrons. The van der Waals surface area contributed by atoms with E-state index < -0.39 is 17.4 Å². The van der Waals surface area contributed by atoms with Gasteiger partial charge < -0.3 is 4.90 Å². The second-order valence-electron chi connectivity index (χ2n) is 5.63. The molecule has 0 saturated carbocycles. The molecule has 0 unspecified atom stereocenters. The molecule has 1 heterocycles. The summed E-state index contributed by atoms with van der Waals surface area (Å²) in [7, 11) is 3.33. The van der Waals surface area contributed by atoms with Crippen molar-refractivity contribution in [2.75, 3.05) is 19.0 Å². The van der Waals surface area contributed by atoms with Crippen LogP contribution in [-0.2, 0) is 6.18 Å². The average Bonchev–Trinajstić information content (AvgIpc) is 2.53. The van der Waals surface area contributed by atoms with Crippen LogP contribution < -0.4 is 10.6 Å². The van der Waals surface area contributed by atoms with Crippen molar-refractivity contribution in [3.63, 3.8) is 0 Å². The zero-order chi connectivity index (χ0) is 18.4. The highest BCUT2D eigenvalue weighted by Gasteiger charge is 2.31. The lowest BCUT2D eigenvalue weighted by molar-refractivity contribution is -0.137. The Balaban J connectivity index is 2.48. The number of para-hydroxylation sites is 1. The molecule has 0 saturated heterocycles. The van der Waals surface area contributed by atoms with Gasteiger partial charge in [-0.1, -0.05) is 23.7 Å². The number of fused-ring (bicyclic) bond motifs is 1. The number of anilines is 1. The molecular formula is C17H13ClF3N3O. The van der Waals surface area contributed by atoms with Gasteiger partial charge in [0.15, 0.2) is 0 Å². The standard InChI is InChI=1S/C17H13ClF3N3O/c1-23(2)15-11-8-7-10(17(19,20)21)9-14(11)24(16(25)22-15)13-6-4-3-5-12(13)18/h3-9H,1-2H3. The van der Waals surface area contributed by atoms with E-state index in [-0.39, 0.29) is 22.0 Å². The average molecular weight is 368 g/mol. The number of hydrogen-bond acceptors (Lipinski definition) is 3. The third kappa shape index (κ3) is 3.07. The first-order valence-corrected chi connectivity index (χ1v) is 7.64. The van der Waals surface area contributed by atoms with E-state index in [0.29, 0.717) is 5.39 Å². The fourth-order valence-corrected chi connectivity index (χ4v) is 2.81. The van der Waals surface area contributed by atoms with Crippen LogP contribution in [0.3, 0.4) is 0 Å². The number of nitrogens with zero attached hydrogens (tertiary/aromatic N) is 3. The van der Waals surface area contributed by atoms with Crippen molar-refractivity contribution in [1.82, 2.24) is 9.55 Å². The Labute approximate surface area is 146 Å². The molecule has 0 aliphatic carbocycles. The van der Waals surface area contributed by atoms with Crippen LogP contribution in [0, 0.1) is 0 Å². The van der Waals surface area contributed by atoms with Crippen molar-refractivity contribution in [2.45, 2.75) is 6.18 Å². The van der Waals surface area contributed by atoms with Crippen molar-refractivity contribution in [1.29, 1.82) is 0 Å². The highest BCUT2D eigenvalue weighted by Crippen LogP contribution is 2.34. The van der Waals surface area contributed by atoms with Gasteiger partial charge in [-0.15, -0.1) is 0 Å². The van der Waals surface area contributed by atoms with E-state index in [2.05, 4.69) is 4.98 Å². The van der Waals surface area contributed by atoms with Gasteiger partial charge >= 0.3 is 11.9 Å². The lowest BCUT2D eigenvalue weighted by atomic mass is 10.1. The fraction of sp³-hybridized carbons (Fsp3) is 0.176. The molecule has 0 bridgehead atoms. The molecule has 0 aliphatic rings. The Morgan fingerprint density at radius 3 is 2.40 bits per heavy atom. The Bertz CT molecular complexity index is 1010. The number of rotatable bonds is 2. The third-order valence-electron chi connectivity index (χ3n) is 3.72. The van der Waals surface area contributed by atoms with Crippen molar-refractivity contribution in [3.8, 4) is 5.69 Å². The number of halogens is 4. The van der Waals surface area contributed by atoms with Crippen LogP contribution in [0.5, 0.6) is 0 Å². The van der Waals surface area contributed by atoms with Crippen LogP contribution in [0.2, 0.25) is 5.02 Å². The maximum Gasteiger partial charge on any atom is 0.416 e.